The number of rotatable bonds is 6. The van der Waals surface area contributed by atoms with Gasteiger partial charge < -0.3 is 20.5 Å². The van der Waals surface area contributed by atoms with E-state index in [4.69, 9.17) is 0 Å². The van der Waals surface area contributed by atoms with E-state index >= 15 is 0 Å². The van der Waals surface area contributed by atoms with E-state index in [1.165, 1.54) is 19.2 Å². The predicted octanol–water partition coefficient (Wildman–Crippen LogP) is 2.30. The van der Waals surface area contributed by atoms with E-state index in [9.17, 15) is 19.5 Å². The maximum absolute atomic E-state index is 12.6. The third-order valence-corrected chi connectivity index (χ3v) is 4.08. The molecule has 0 heterocycles. The van der Waals surface area contributed by atoms with Crippen LogP contribution >= 0.6 is 0 Å². The summed E-state index contributed by atoms with van der Waals surface area (Å²) in [7, 11) is 1.21. The molecule has 1 saturated carbocycles. The maximum Gasteiger partial charge on any atom is 0.337 e. The molecule has 1 fully saturated rings. The summed E-state index contributed by atoms with van der Waals surface area (Å²) in [6.45, 7) is 0. The van der Waals surface area contributed by atoms with Gasteiger partial charge in [0.25, 0.3) is 5.91 Å². The van der Waals surface area contributed by atoms with Crippen LogP contribution in [0.5, 0.6) is 0 Å². The first kappa shape index (κ1) is 18.5. The molecule has 1 aliphatic rings. The van der Waals surface area contributed by atoms with Crippen LogP contribution in [0.4, 0.5) is 5.69 Å². The average Bonchev–Trinajstić information content (AvgIpc) is 2.62. The molecule has 7 heteroatoms. The van der Waals surface area contributed by atoms with E-state index in [-0.39, 0.29) is 23.0 Å². The van der Waals surface area contributed by atoms with Crippen molar-refractivity contribution in [3.63, 3.8) is 0 Å². The summed E-state index contributed by atoms with van der Waals surface area (Å²) in [4.78, 5) is 35.5. The monoisotopic (exact) mass is 346 g/mol. The van der Waals surface area contributed by atoms with Gasteiger partial charge >= 0.3 is 11.9 Å². The van der Waals surface area contributed by atoms with E-state index in [2.05, 4.69) is 15.4 Å². The van der Waals surface area contributed by atoms with Crippen LogP contribution in [0, 0.1) is 0 Å². The Hall–Kier alpha value is -2.83. The summed E-state index contributed by atoms with van der Waals surface area (Å²) in [6.07, 6.45) is 6.07. The molecule has 25 heavy (non-hydrogen) atoms. The molecule has 1 aromatic rings. The average molecular weight is 346 g/mol. The van der Waals surface area contributed by atoms with Gasteiger partial charge in [0.15, 0.2) is 0 Å². The van der Waals surface area contributed by atoms with Crippen LogP contribution in [-0.4, -0.2) is 36.1 Å². The van der Waals surface area contributed by atoms with Gasteiger partial charge in [-0.25, -0.2) is 9.59 Å². The molecule has 1 amide bonds. The van der Waals surface area contributed by atoms with Crippen molar-refractivity contribution in [1.82, 2.24) is 5.32 Å². The molecular formula is C18H22N2O5. The van der Waals surface area contributed by atoms with Crippen molar-refractivity contribution in [1.29, 1.82) is 0 Å². The molecular weight excluding hydrogens is 324 g/mol. The van der Waals surface area contributed by atoms with Gasteiger partial charge in [-0.1, -0.05) is 31.4 Å². The fraction of sp³-hybridized carbons (Fsp3) is 0.389. The molecule has 0 radical (unpaired) electrons. The minimum atomic E-state index is -1.13. The van der Waals surface area contributed by atoms with Crippen molar-refractivity contribution in [3.05, 3.63) is 41.6 Å². The van der Waals surface area contributed by atoms with Gasteiger partial charge in [-0.3, -0.25) is 4.79 Å². The lowest BCUT2D eigenvalue weighted by molar-refractivity contribution is -0.135. The van der Waals surface area contributed by atoms with Crippen LogP contribution in [0.1, 0.15) is 42.5 Å². The van der Waals surface area contributed by atoms with E-state index < -0.39 is 17.8 Å². The maximum atomic E-state index is 12.6. The normalized spacial score (nSPS) is 15.3. The molecule has 0 atom stereocenters. The minimum Gasteiger partial charge on any atom is -0.478 e. The standard InChI is InChI=1S/C18H22N2O5/c1-25-16(21)11-15(17(22)19-12-7-3-2-4-8-12)20-14-10-6-5-9-13(14)18(23)24/h5-6,9-12,20H,2-4,7-8H2,1H3,(H,19,22)(H,23,24)/b15-11-. The molecule has 1 aromatic carbocycles. The van der Waals surface area contributed by atoms with Crippen LogP contribution in [0.2, 0.25) is 0 Å². The van der Waals surface area contributed by atoms with Gasteiger partial charge in [0.1, 0.15) is 5.70 Å². The zero-order valence-electron chi connectivity index (χ0n) is 14.1. The lowest BCUT2D eigenvalue weighted by Gasteiger charge is -2.23. The lowest BCUT2D eigenvalue weighted by Crippen LogP contribution is -2.38. The summed E-state index contributed by atoms with van der Waals surface area (Å²) < 4.78 is 4.58. The molecule has 0 bridgehead atoms. The Morgan fingerprint density at radius 1 is 1.16 bits per heavy atom. The topological polar surface area (TPSA) is 105 Å². The van der Waals surface area contributed by atoms with Crippen LogP contribution in [0.25, 0.3) is 0 Å². The quantitative estimate of drug-likeness (QED) is 0.539. The summed E-state index contributed by atoms with van der Waals surface area (Å²) in [6, 6.07) is 6.23. The third kappa shape index (κ3) is 5.34. The molecule has 0 spiro atoms. The van der Waals surface area contributed by atoms with Gasteiger partial charge in [0.05, 0.1) is 24.4 Å². The van der Waals surface area contributed by atoms with Gasteiger partial charge in [-0.15, -0.1) is 0 Å². The largest absolute Gasteiger partial charge is 0.478 e. The Morgan fingerprint density at radius 2 is 1.84 bits per heavy atom. The molecule has 0 aromatic heterocycles. The Morgan fingerprint density at radius 3 is 2.48 bits per heavy atom. The molecule has 0 aliphatic heterocycles. The highest BCUT2D eigenvalue weighted by Crippen LogP contribution is 2.20. The van der Waals surface area contributed by atoms with E-state index in [1.54, 1.807) is 12.1 Å². The summed E-state index contributed by atoms with van der Waals surface area (Å²) >= 11 is 0. The number of carbonyl (C=O) groups excluding carboxylic acids is 2. The van der Waals surface area contributed by atoms with Crippen molar-refractivity contribution < 1.29 is 24.2 Å². The molecule has 7 nitrogen and oxygen atoms in total. The van der Waals surface area contributed by atoms with Crippen molar-refractivity contribution in [2.24, 2.45) is 0 Å². The zero-order valence-corrected chi connectivity index (χ0v) is 14.1. The minimum absolute atomic E-state index is 0.00346. The van der Waals surface area contributed by atoms with Gasteiger partial charge in [-0.05, 0) is 25.0 Å². The van der Waals surface area contributed by atoms with Gasteiger partial charge in [-0.2, -0.15) is 0 Å². The first-order valence-corrected chi connectivity index (χ1v) is 8.21. The van der Waals surface area contributed by atoms with Crippen molar-refractivity contribution in [2.75, 3.05) is 12.4 Å². The number of methoxy groups -OCH3 is 1. The second kappa shape index (κ2) is 8.86. The number of hydrogen-bond acceptors (Lipinski definition) is 5. The fourth-order valence-corrected chi connectivity index (χ4v) is 2.77. The number of anilines is 1. The first-order valence-electron chi connectivity index (χ1n) is 8.21. The summed E-state index contributed by atoms with van der Waals surface area (Å²) in [5, 5.41) is 14.9. The lowest BCUT2D eigenvalue weighted by atomic mass is 9.95. The molecule has 0 saturated heterocycles. The second-order valence-electron chi connectivity index (χ2n) is 5.87. The van der Waals surface area contributed by atoms with Crippen molar-refractivity contribution >= 4 is 23.5 Å². The Bertz CT molecular complexity index is 678. The number of ether oxygens (including phenoxy) is 1. The molecule has 134 valence electrons. The number of esters is 1. The van der Waals surface area contributed by atoms with Crippen molar-refractivity contribution in [2.45, 2.75) is 38.1 Å². The number of nitrogens with one attached hydrogen (secondary N) is 2. The number of benzene rings is 1. The highest BCUT2D eigenvalue weighted by molar-refractivity contribution is 6.03. The summed E-state index contributed by atoms with van der Waals surface area (Å²) in [5.74, 6) is -2.29. The van der Waals surface area contributed by atoms with E-state index in [0.29, 0.717) is 0 Å². The van der Waals surface area contributed by atoms with Crippen LogP contribution < -0.4 is 10.6 Å². The number of carboxylic acid groups (broad SMARTS) is 1. The highest BCUT2D eigenvalue weighted by atomic mass is 16.5. The molecule has 0 unspecified atom stereocenters. The number of amides is 1. The number of carboxylic acids is 1. The highest BCUT2D eigenvalue weighted by Gasteiger charge is 2.20. The number of para-hydroxylation sites is 1. The first-order chi connectivity index (χ1) is 12.0. The fourth-order valence-electron chi connectivity index (χ4n) is 2.77. The Balaban J connectivity index is 2.21. The number of aromatic carboxylic acids is 1. The van der Waals surface area contributed by atoms with Crippen LogP contribution in [-0.2, 0) is 14.3 Å². The summed E-state index contributed by atoms with van der Waals surface area (Å²) in [5.41, 5.74) is 0.179. The second-order valence-corrected chi connectivity index (χ2v) is 5.87. The Labute approximate surface area is 146 Å². The van der Waals surface area contributed by atoms with Gasteiger partial charge in [0, 0.05) is 6.04 Å². The smallest absolute Gasteiger partial charge is 0.337 e. The zero-order chi connectivity index (χ0) is 18.2. The molecule has 3 N–H and O–H groups in total. The van der Waals surface area contributed by atoms with E-state index in [0.717, 1.165) is 38.2 Å². The molecule has 1 aliphatic carbocycles. The van der Waals surface area contributed by atoms with Gasteiger partial charge in [0.2, 0.25) is 0 Å². The molecule has 2 rings (SSSR count). The SMILES string of the molecule is COC(=O)/C=C(\Nc1ccccc1C(=O)O)C(=O)NC1CCCCC1. The Kier molecular flexibility index (Phi) is 6.56. The third-order valence-electron chi connectivity index (χ3n) is 4.08. The van der Waals surface area contributed by atoms with Crippen LogP contribution in [0.15, 0.2) is 36.0 Å². The van der Waals surface area contributed by atoms with E-state index in [1.807, 2.05) is 0 Å². The number of carbonyl (C=O) groups is 3. The van der Waals surface area contributed by atoms with Crippen LogP contribution in [0.3, 0.4) is 0 Å². The number of hydrogen-bond donors (Lipinski definition) is 3. The van der Waals surface area contributed by atoms with Crippen molar-refractivity contribution in [3.8, 4) is 0 Å². The predicted molar refractivity (Wildman–Crippen MR) is 92.1 cm³/mol.